The lowest BCUT2D eigenvalue weighted by molar-refractivity contribution is 0.362. The van der Waals surface area contributed by atoms with Gasteiger partial charge in [-0.1, -0.05) is 43.0 Å². The van der Waals surface area contributed by atoms with Crippen LogP contribution in [0.25, 0.3) is 22.7 Å². The molecule has 2 aromatic carbocycles. The Kier molecular flexibility index (Phi) is 4.21. The molecule has 0 saturated carbocycles. The maximum absolute atomic E-state index is 9.50. The van der Waals surface area contributed by atoms with Gasteiger partial charge in [0, 0.05) is 5.56 Å². The zero-order chi connectivity index (χ0) is 16.1. The number of H-pyrrole nitrogens is 1. The Hall–Kier alpha value is -3.32. The van der Waals surface area contributed by atoms with Crippen LogP contribution in [0.3, 0.4) is 0 Å². The molecule has 1 heterocycles. The Bertz CT molecular complexity index is 883. The third-order valence-electron chi connectivity index (χ3n) is 3.34. The second-order valence-corrected chi connectivity index (χ2v) is 4.91. The molecule has 3 aromatic rings. The van der Waals surface area contributed by atoms with Gasteiger partial charge in [-0.05, 0) is 24.3 Å². The van der Waals surface area contributed by atoms with Crippen LogP contribution in [0.1, 0.15) is 11.4 Å². The summed E-state index contributed by atoms with van der Waals surface area (Å²) < 4.78 is 5.62. The predicted molar refractivity (Wildman–Crippen MR) is 91.7 cm³/mol. The third kappa shape index (κ3) is 3.14. The Labute approximate surface area is 134 Å². The molecule has 0 bridgehead atoms. The van der Waals surface area contributed by atoms with Crippen LogP contribution < -0.4 is 4.74 Å². The zero-order valence-corrected chi connectivity index (χ0v) is 12.5. The average Bonchev–Trinajstić information content (AvgIpc) is 3.02. The number of hydrogen-bond donors (Lipinski definition) is 1. The molecule has 0 saturated heterocycles. The SMILES string of the molecule is C=CCOc1ccccc1C=C(C#N)c1nc2ccccc2[nH]1. The number of aromatic amines is 1. The van der Waals surface area contributed by atoms with Gasteiger partial charge < -0.3 is 9.72 Å². The summed E-state index contributed by atoms with van der Waals surface area (Å²) in [5.74, 6) is 1.25. The van der Waals surface area contributed by atoms with Crippen LogP contribution in [0.4, 0.5) is 0 Å². The molecule has 0 radical (unpaired) electrons. The van der Waals surface area contributed by atoms with E-state index in [-0.39, 0.29) is 0 Å². The smallest absolute Gasteiger partial charge is 0.149 e. The lowest BCUT2D eigenvalue weighted by Gasteiger charge is -2.07. The largest absolute Gasteiger partial charge is 0.489 e. The molecule has 1 aromatic heterocycles. The van der Waals surface area contributed by atoms with E-state index < -0.39 is 0 Å². The van der Waals surface area contributed by atoms with E-state index in [1.165, 1.54) is 0 Å². The molecule has 0 amide bonds. The van der Waals surface area contributed by atoms with Crippen molar-refractivity contribution in [3.8, 4) is 11.8 Å². The van der Waals surface area contributed by atoms with Gasteiger partial charge in [-0.15, -0.1) is 0 Å². The van der Waals surface area contributed by atoms with Gasteiger partial charge in [0.2, 0.25) is 0 Å². The van der Waals surface area contributed by atoms with E-state index in [4.69, 9.17) is 4.74 Å². The molecule has 1 N–H and O–H groups in total. The van der Waals surface area contributed by atoms with Gasteiger partial charge in [0.05, 0.1) is 16.6 Å². The monoisotopic (exact) mass is 301 g/mol. The van der Waals surface area contributed by atoms with Crippen molar-refractivity contribution in [3.63, 3.8) is 0 Å². The highest BCUT2D eigenvalue weighted by Crippen LogP contribution is 2.24. The lowest BCUT2D eigenvalue weighted by atomic mass is 10.1. The molecular weight excluding hydrogens is 286 g/mol. The lowest BCUT2D eigenvalue weighted by Crippen LogP contribution is -1.95. The molecule has 4 heteroatoms. The van der Waals surface area contributed by atoms with Gasteiger partial charge in [-0.2, -0.15) is 5.26 Å². The minimum absolute atomic E-state index is 0.414. The number of nitrogens with one attached hydrogen (secondary N) is 1. The Morgan fingerprint density at radius 3 is 2.78 bits per heavy atom. The number of hydrogen-bond acceptors (Lipinski definition) is 3. The fourth-order valence-corrected chi connectivity index (χ4v) is 2.27. The first kappa shape index (κ1) is 14.6. The van der Waals surface area contributed by atoms with E-state index in [9.17, 15) is 5.26 Å². The van der Waals surface area contributed by atoms with Crippen molar-refractivity contribution in [3.05, 3.63) is 72.6 Å². The van der Waals surface area contributed by atoms with Crippen molar-refractivity contribution in [1.29, 1.82) is 5.26 Å². The first-order valence-corrected chi connectivity index (χ1v) is 7.21. The summed E-state index contributed by atoms with van der Waals surface area (Å²) in [7, 11) is 0. The number of fused-ring (bicyclic) bond motifs is 1. The van der Waals surface area contributed by atoms with E-state index in [2.05, 4.69) is 22.6 Å². The minimum atomic E-state index is 0.414. The van der Waals surface area contributed by atoms with Crippen molar-refractivity contribution in [1.82, 2.24) is 9.97 Å². The molecule has 0 aliphatic carbocycles. The van der Waals surface area contributed by atoms with Crippen LogP contribution in [0.15, 0.2) is 61.2 Å². The summed E-state index contributed by atoms with van der Waals surface area (Å²) in [6.45, 7) is 4.06. The highest BCUT2D eigenvalue weighted by molar-refractivity contribution is 5.91. The fourth-order valence-electron chi connectivity index (χ4n) is 2.27. The van der Waals surface area contributed by atoms with E-state index in [0.717, 1.165) is 16.6 Å². The van der Waals surface area contributed by atoms with Crippen molar-refractivity contribution < 1.29 is 4.74 Å². The minimum Gasteiger partial charge on any atom is -0.489 e. The molecule has 0 aliphatic heterocycles. The van der Waals surface area contributed by atoms with Crippen molar-refractivity contribution >= 4 is 22.7 Å². The molecule has 0 fully saturated rings. The maximum Gasteiger partial charge on any atom is 0.149 e. The van der Waals surface area contributed by atoms with Crippen molar-refractivity contribution in [2.24, 2.45) is 0 Å². The summed E-state index contributed by atoms with van der Waals surface area (Å²) in [6.07, 6.45) is 3.46. The summed E-state index contributed by atoms with van der Waals surface area (Å²) in [5.41, 5.74) is 3.02. The van der Waals surface area contributed by atoms with Crippen LogP contribution in [0, 0.1) is 11.3 Å². The number of benzene rings is 2. The van der Waals surface area contributed by atoms with Gasteiger partial charge in [0.25, 0.3) is 0 Å². The van der Waals surface area contributed by atoms with Gasteiger partial charge >= 0.3 is 0 Å². The highest BCUT2D eigenvalue weighted by Gasteiger charge is 2.09. The molecular formula is C19H15N3O. The van der Waals surface area contributed by atoms with Crippen LogP contribution in [0.5, 0.6) is 5.75 Å². The number of rotatable bonds is 5. The summed E-state index contributed by atoms with van der Waals surface area (Å²) in [6, 6.07) is 17.5. The molecule has 3 rings (SSSR count). The van der Waals surface area contributed by atoms with Gasteiger partial charge in [-0.25, -0.2) is 4.98 Å². The molecule has 23 heavy (non-hydrogen) atoms. The number of nitrogens with zero attached hydrogens (tertiary/aromatic N) is 2. The Morgan fingerprint density at radius 1 is 1.22 bits per heavy atom. The molecule has 0 unspecified atom stereocenters. The summed E-state index contributed by atoms with van der Waals surface area (Å²) in [4.78, 5) is 7.64. The average molecular weight is 301 g/mol. The van der Waals surface area contributed by atoms with E-state index in [0.29, 0.717) is 23.8 Å². The highest BCUT2D eigenvalue weighted by atomic mass is 16.5. The topological polar surface area (TPSA) is 61.7 Å². The van der Waals surface area contributed by atoms with Crippen LogP contribution in [-0.4, -0.2) is 16.6 Å². The van der Waals surface area contributed by atoms with E-state index in [1.807, 2.05) is 48.5 Å². The number of nitriles is 1. The number of ether oxygens (including phenoxy) is 1. The Morgan fingerprint density at radius 2 is 2.00 bits per heavy atom. The quantitative estimate of drug-likeness (QED) is 0.567. The van der Waals surface area contributed by atoms with Crippen molar-refractivity contribution in [2.45, 2.75) is 0 Å². The molecule has 0 aliphatic rings. The van der Waals surface area contributed by atoms with E-state index >= 15 is 0 Å². The van der Waals surface area contributed by atoms with Crippen LogP contribution >= 0.6 is 0 Å². The number of para-hydroxylation sites is 3. The second kappa shape index (κ2) is 6.63. The second-order valence-electron chi connectivity index (χ2n) is 4.91. The van der Waals surface area contributed by atoms with Crippen LogP contribution in [-0.2, 0) is 0 Å². The number of allylic oxidation sites excluding steroid dienone is 1. The van der Waals surface area contributed by atoms with E-state index in [1.54, 1.807) is 12.2 Å². The first-order valence-electron chi connectivity index (χ1n) is 7.21. The van der Waals surface area contributed by atoms with Crippen LogP contribution in [0.2, 0.25) is 0 Å². The van der Waals surface area contributed by atoms with Gasteiger partial charge in [0.1, 0.15) is 24.3 Å². The Balaban J connectivity index is 2.02. The molecule has 0 atom stereocenters. The first-order chi connectivity index (χ1) is 11.3. The standard InChI is InChI=1S/C19H15N3O/c1-2-11-23-18-10-6-3-7-14(18)12-15(13-20)19-21-16-8-4-5-9-17(16)22-19/h2-10,12H,1,11H2,(H,21,22). The fraction of sp³-hybridized carbons (Fsp3) is 0.0526. The zero-order valence-electron chi connectivity index (χ0n) is 12.5. The number of imidazole rings is 1. The summed E-state index contributed by atoms with van der Waals surface area (Å²) in [5, 5.41) is 9.50. The third-order valence-corrected chi connectivity index (χ3v) is 3.34. The molecule has 4 nitrogen and oxygen atoms in total. The van der Waals surface area contributed by atoms with Gasteiger partial charge in [-0.3, -0.25) is 0 Å². The van der Waals surface area contributed by atoms with Gasteiger partial charge in [0.15, 0.2) is 0 Å². The predicted octanol–water partition coefficient (Wildman–Crippen LogP) is 4.19. The number of aromatic nitrogens is 2. The molecule has 0 spiro atoms. The molecule has 112 valence electrons. The summed E-state index contributed by atoms with van der Waals surface area (Å²) >= 11 is 0. The normalized spacial score (nSPS) is 11.2. The van der Waals surface area contributed by atoms with Crippen molar-refractivity contribution in [2.75, 3.05) is 6.61 Å². The maximum atomic E-state index is 9.50.